The highest BCUT2D eigenvalue weighted by Gasteiger charge is 2.33. The third-order valence-corrected chi connectivity index (χ3v) is 7.35. The first-order chi connectivity index (χ1) is 19.5. The zero-order valence-electron chi connectivity index (χ0n) is 22.4. The molecule has 3 aromatic carbocycles. The number of aliphatic hydroxyl groups is 2. The lowest BCUT2D eigenvalue weighted by Crippen LogP contribution is -2.39. The van der Waals surface area contributed by atoms with E-state index in [2.05, 4.69) is 5.32 Å². The summed E-state index contributed by atoms with van der Waals surface area (Å²) in [4.78, 5) is 13.8. The van der Waals surface area contributed by atoms with E-state index in [9.17, 15) is 20.1 Å². The highest BCUT2D eigenvalue weighted by atomic mass is 35.6. The van der Waals surface area contributed by atoms with E-state index < -0.39 is 22.1 Å². The average Bonchev–Trinajstić information content (AvgIpc) is 2.95. The Bertz CT molecular complexity index is 1290. The molecule has 0 bridgehead atoms. The molecule has 1 saturated heterocycles. The number of alkyl halides is 3. The zero-order valence-corrected chi connectivity index (χ0v) is 24.7. The standard InChI is InChI=1S/C30H33Cl3N2O6/c1-35(17-26(38)23-3-2-4-24(37)13-23)16-25-14-27(21-9-7-20(18-36)8-10-21)41-28(40-25)22-11-5-19(6-12-22)15-34-29(39)30(31,32)33/h2-13,25-28,36-38H,14-18H2,1H3,(H,34,39). The molecule has 4 N–H and O–H groups in total. The lowest BCUT2D eigenvalue weighted by atomic mass is 9.99. The minimum atomic E-state index is -2.03. The predicted octanol–water partition coefficient (Wildman–Crippen LogP) is 5.08. The van der Waals surface area contributed by atoms with Crippen molar-refractivity contribution in [3.05, 3.63) is 101 Å². The van der Waals surface area contributed by atoms with E-state index in [1.54, 1.807) is 24.3 Å². The average molecular weight is 624 g/mol. The van der Waals surface area contributed by atoms with Crippen molar-refractivity contribution in [3.8, 4) is 5.75 Å². The van der Waals surface area contributed by atoms with E-state index in [1.807, 2.05) is 60.5 Å². The Morgan fingerprint density at radius 1 is 1.02 bits per heavy atom. The molecule has 4 atom stereocenters. The molecule has 0 aliphatic carbocycles. The number of hydrogen-bond acceptors (Lipinski definition) is 7. The maximum absolute atomic E-state index is 11.9. The molecule has 1 aliphatic heterocycles. The quantitative estimate of drug-likeness (QED) is 0.233. The van der Waals surface area contributed by atoms with Crippen LogP contribution in [0.15, 0.2) is 72.8 Å². The van der Waals surface area contributed by atoms with Gasteiger partial charge in [-0.25, -0.2) is 0 Å². The number of aromatic hydroxyl groups is 1. The monoisotopic (exact) mass is 622 g/mol. The molecule has 0 radical (unpaired) electrons. The lowest BCUT2D eigenvalue weighted by molar-refractivity contribution is -0.252. The van der Waals surface area contributed by atoms with E-state index >= 15 is 0 Å². The summed E-state index contributed by atoms with van der Waals surface area (Å²) in [7, 11) is 1.91. The van der Waals surface area contributed by atoms with Crippen LogP contribution < -0.4 is 5.32 Å². The fraction of sp³-hybridized carbons (Fsp3) is 0.367. The Balaban J connectivity index is 1.46. The van der Waals surface area contributed by atoms with Gasteiger partial charge >= 0.3 is 0 Å². The van der Waals surface area contributed by atoms with Gasteiger partial charge in [0, 0.05) is 31.6 Å². The number of nitrogens with zero attached hydrogens (tertiary/aromatic N) is 1. The minimum Gasteiger partial charge on any atom is -0.508 e. The molecule has 1 aliphatic rings. The second-order valence-corrected chi connectivity index (χ2v) is 12.4. The Kier molecular flexibility index (Phi) is 10.9. The lowest BCUT2D eigenvalue weighted by Gasteiger charge is -2.38. The van der Waals surface area contributed by atoms with Crippen LogP contribution in [0, 0.1) is 0 Å². The van der Waals surface area contributed by atoms with Gasteiger partial charge < -0.3 is 35.0 Å². The summed E-state index contributed by atoms with van der Waals surface area (Å²) in [5, 5.41) is 32.5. The van der Waals surface area contributed by atoms with Crippen molar-refractivity contribution < 1.29 is 29.6 Å². The number of halogens is 3. The van der Waals surface area contributed by atoms with Gasteiger partial charge in [0.1, 0.15) is 5.75 Å². The van der Waals surface area contributed by atoms with Crippen LogP contribution in [0.4, 0.5) is 0 Å². The van der Waals surface area contributed by atoms with E-state index in [0.717, 1.165) is 22.3 Å². The fourth-order valence-corrected chi connectivity index (χ4v) is 4.86. The Morgan fingerprint density at radius 3 is 2.32 bits per heavy atom. The number of carbonyl (C=O) groups is 1. The number of amides is 1. The number of nitrogens with one attached hydrogen (secondary N) is 1. The minimum absolute atomic E-state index is 0.0407. The number of hydrogen-bond donors (Lipinski definition) is 4. The third kappa shape index (κ3) is 9.04. The van der Waals surface area contributed by atoms with Gasteiger partial charge in [-0.1, -0.05) is 95.5 Å². The van der Waals surface area contributed by atoms with Crippen LogP contribution in [0.5, 0.6) is 5.75 Å². The van der Waals surface area contributed by atoms with Crippen molar-refractivity contribution in [1.82, 2.24) is 10.2 Å². The second kappa shape index (κ2) is 14.2. The van der Waals surface area contributed by atoms with Crippen molar-refractivity contribution in [2.24, 2.45) is 0 Å². The van der Waals surface area contributed by atoms with Gasteiger partial charge in [-0.2, -0.15) is 0 Å². The van der Waals surface area contributed by atoms with Crippen LogP contribution in [-0.2, 0) is 27.4 Å². The number of phenolic OH excluding ortho intramolecular Hbond substituents is 1. The van der Waals surface area contributed by atoms with Crippen molar-refractivity contribution in [3.63, 3.8) is 0 Å². The first-order valence-electron chi connectivity index (χ1n) is 13.1. The Morgan fingerprint density at radius 2 is 1.68 bits per heavy atom. The van der Waals surface area contributed by atoms with Gasteiger partial charge in [-0.05, 0) is 41.4 Å². The van der Waals surface area contributed by atoms with Gasteiger partial charge in [0.05, 0.1) is 24.9 Å². The number of aliphatic hydroxyl groups excluding tert-OH is 2. The van der Waals surface area contributed by atoms with Crippen LogP contribution in [0.1, 0.15) is 52.7 Å². The summed E-state index contributed by atoms with van der Waals surface area (Å²) in [6.07, 6.45) is -1.34. The van der Waals surface area contributed by atoms with Gasteiger partial charge in [0.25, 0.3) is 9.70 Å². The molecule has 4 unspecified atom stereocenters. The molecule has 220 valence electrons. The fourth-order valence-electron chi connectivity index (χ4n) is 4.66. The van der Waals surface area contributed by atoms with Gasteiger partial charge in [0.15, 0.2) is 6.29 Å². The summed E-state index contributed by atoms with van der Waals surface area (Å²) >= 11 is 16.9. The van der Waals surface area contributed by atoms with Crippen molar-refractivity contribution in [2.45, 2.75) is 48.0 Å². The second-order valence-electron chi connectivity index (χ2n) is 10.1. The number of likely N-dealkylation sites (N-methyl/N-ethyl adjacent to an activating group) is 1. The van der Waals surface area contributed by atoms with E-state index in [4.69, 9.17) is 44.3 Å². The van der Waals surface area contributed by atoms with Crippen LogP contribution in [-0.4, -0.2) is 56.2 Å². The largest absolute Gasteiger partial charge is 0.508 e. The number of carbonyl (C=O) groups excluding carboxylic acids is 1. The molecule has 4 rings (SSSR count). The molecule has 3 aromatic rings. The van der Waals surface area contributed by atoms with Crippen LogP contribution in [0.25, 0.3) is 0 Å². The molecule has 11 heteroatoms. The van der Waals surface area contributed by atoms with Crippen LogP contribution in [0.2, 0.25) is 0 Å². The summed E-state index contributed by atoms with van der Waals surface area (Å²) in [6, 6.07) is 21.6. The SMILES string of the molecule is CN(CC1CC(c2ccc(CO)cc2)OC(c2ccc(CNC(=O)C(Cl)(Cl)Cl)cc2)O1)CC(O)c1cccc(O)c1. The van der Waals surface area contributed by atoms with Crippen molar-refractivity contribution >= 4 is 40.7 Å². The summed E-state index contributed by atoms with van der Waals surface area (Å²) in [6.45, 7) is 1.02. The summed E-state index contributed by atoms with van der Waals surface area (Å²) in [5.74, 6) is -0.602. The highest BCUT2D eigenvalue weighted by Crippen LogP contribution is 2.38. The maximum atomic E-state index is 11.9. The topological polar surface area (TPSA) is 111 Å². The molecule has 0 saturated carbocycles. The first-order valence-corrected chi connectivity index (χ1v) is 14.2. The van der Waals surface area contributed by atoms with Crippen LogP contribution in [0.3, 0.4) is 0 Å². The number of benzene rings is 3. The van der Waals surface area contributed by atoms with Crippen molar-refractivity contribution in [2.75, 3.05) is 20.1 Å². The van der Waals surface area contributed by atoms with E-state index in [-0.39, 0.29) is 31.1 Å². The summed E-state index contributed by atoms with van der Waals surface area (Å²) < 4.78 is 10.7. The van der Waals surface area contributed by atoms with Crippen LogP contribution >= 0.6 is 34.8 Å². The number of ether oxygens (including phenoxy) is 2. The van der Waals surface area contributed by atoms with Gasteiger partial charge in [-0.15, -0.1) is 0 Å². The molecule has 1 fully saturated rings. The van der Waals surface area contributed by atoms with Gasteiger partial charge in [0.2, 0.25) is 0 Å². The molecule has 0 spiro atoms. The van der Waals surface area contributed by atoms with Crippen molar-refractivity contribution in [1.29, 1.82) is 0 Å². The predicted molar refractivity (Wildman–Crippen MR) is 158 cm³/mol. The van der Waals surface area contributed by atoms with E-state index in [0.29, 0.717) is 25.1 Å². The molecule has 8 nitrogen and oxygen atoms in total. The molecule has 41 heavy (non-hydrogen) atoms. The molecular weight excluding hydrogens is 591 g/mol. The number of phenols is 1. The molecule has 1 amide bonds. The smallest absolute Gasteiger partial charge is 0.272 e. The zero-order chi connectivity index (χ0) is 29.6. The Labute approximate surface area is 254 Å². The first kappa shape index (κ1) is 31.5. The molecule has 0 aromatic heterocycles. The maximum Gasteiger partial charge on any atom is 0.272 e. The van der Waals surface area contributed by atoms with E-state index in [1.165, 1.54) is 0 Å². The van der Waals surface area contributed by atoms with Gasteiger partial charge in [-0.3, -0.25) is 4.79 Å². The Hall–Kier alpha value is -2.40. The highest BCUT2D eigenvalue weighted by molar-refractivity contribution is 6.76. The number of rotatable bonds is 10. The summed E-state index contributed by atoms with van der Waals surface area (Å²) in [5.41, 5.74) is 4.02. The third-order valence-electron chi connectivity index (χ3n) is 6.83. The molecule has 1 heterocycles. The normalized spacial score (nSPS) is 20.1. The molecular formula is C30H33Cl3N2O6.